The minimum absolute atomic E-state index is 0. The number of hydrogen-bond acceptors (Lipinski definition) is 2. The summed E-state index contributed by atoms with van der Waals surface area (Å²) < 4.78 is 0. The monoisotopic (exact) mass is 446 g/mol. The molecular weight excluding hydrogens is 415 g/mol. The van der Waals surface area contributed by atoms with Crippen molar-refractivity contribution < 1.29 is 4.79 Å². The number of hydrogen-bond donors (Lipinski definition) is 3. The molecule has 1 rings (SSSR count). The summed E-state index contributed by atoms with van der Waals surface area (Å²) in [4.78, 5) is 16.3. The third-order valence-corrected chi connectivity index (χ3v) is 3.49. The molecule has 4 N–H and O–H groups in total. The molecule has 5 nitrogen and oxygen atoms in total. The third-order valence-electron chi connectivity index (χ3n) is 3.49. The summed E-state index contributed by atoms with van der Waals surface area (Å²) in [6.45, 7) is 6.25. The van der Waals surface area contributed by atoms with Crippen LogP contribution in [0.4, 0.5) is 0 Å². The summed E-state index contributed by atoms with van der Waals surface area (Å²) in [7, 11) is 0. The zero-order chi connectivity index (χ0) is 16.9. The van der Waals surface area contributed by atoms with Crippen LogP contribution >= 0.6 is 24.0 Å². The normalized spacial score (nSPS) is 10.8. The fraction of sp³-hybridized carbons (Fsp3) is 0.556. The number of nitrogens with zero attached hydrogens (tertiary/aromatic N) is 1. The lowest BCUT2D eigenvalue weighted by atomic mass is 10.1. The van der Waals surface area contributed by atoms with Crippen molar-refractivity contribution in [2.24, 2.45) is 10.7 Å². The van der Waals surface area contributed by atoms with E-state index in [0.29, 0.717) is 24.6 Å². The van der Waals surface area contributed by atoms with Gasteiger partial charge in [0.2, 0.25) is 0 Å². The number of carbonyl (C=O) groups excluding carboxylic acids is 1. The molecule has 0 bridgehead atoms. The van der Waals surface area contributed by atoms with Gasteiger partial charge in [-0.3, -0.25) is 4.79 Å². The Kier molecular flexibility index (Phi) is 13.3. The molecule has 0 aliphatic heterocycles. The zero-order valence-electron chi connectivity index (χ0n) is 14.8. The summed E-state index contributed by atoms with van der Waals surface area (Å²) in [5.74, 6) is 0.419. The van der Waals surface area contributed by atoms with E-state index < -0.39 is 0 Å². The maximum Gasteiger partial charge on any atom is 0.251 e. The summed E-state index contributed by atoms with van der Waals surface area (Å²) in [5.41, 5.74) is 7.50. The standard InChI is InChI=1S/C18H30N4O.HI/c1-3-5-6-7-12-21-18(19)22-14-15-9-8-10-16(13-15)17(23)20-11-4-2;/h8-10,13H,3-7,11-12,14H2,1-2H3,(H,20,23)(H3,19,21,22);1H. The Bertz CT molecular complexity index is 506. The van der Waals surface area contributed by atoms with Crippen molar-refractivity contribution in [1.82, 2.24) is 10.6 Å². The van der Waals surface area contributed by atoms with Gasteiger partial charge in [0.1, 0.15) is 0 Å². The summed E-state index contributed by atoms with van der Waals surface area (Å²) >= 11 is 0. The molecule has 0 unspecified atom stereocenters. The van der Waals surface area contributed by atoms with Crippen molar-refractivity contribution in [2.45, 2.75) is 52.5 Å². The number of carbonyl (C=O) groups is 1. The van der Waals surface area contributed by atoms with E-state index in [1.807, 2.05) is 31.2 Å². The number of amides is 1. The Hall–Kier alpha value is -1.31. The topological polar surface area (TPSA) is 79.5 Å². The van der Waals surface area contributed by atoms with Crippen LogP contribution < -0.4 is 16.4 Å². The molecule has 0 heterocycles. The van der Waals surface area contributed by atoms with Crippen molar-refractivity contribution >= 4 is 35.8 Å². The average Bonchev–Trinajstić information content (AvgIpc) is 2.58. The van der Waals surface area contributed by atoms with Gasteiger partial charge in [-0.25, -0.2) is 4.99 Å². The largest absolute Gasteiger partial charge is 0.370 e. The van der Waals surface area contributed by atoms with Gasteiger partial charge in [0.15, 0.2) is 5.96 Å². The summed E-state index contributed by atoms with van der Waals surface area (Å²) in [5, 5.41) is 6.00. The molecular formula is C18H31IN4O. The average molecular weight is 446 g/mol. The highest BCUT2D eigenvalue weighted by Crippen LogP contribution is 2.06. The SMILES string of the molecule is CCCCCCNC(N)=NCc1cccc(C(=O)NCCC)c1.I. The lowest BCUT2D eigenvalue weighted by Crippen LogP contribution is -2.32. The number of unbranched alkanes of at least 4 members (excludes halogenated alkanes) is 3. The van der Waals surface area contributed by atoms with Gasteiger partial charge in [-0.15, -0.1) is 24.0 Å². The second-order valence-corrected chi connectivity index (χ2v) is 5.65. The molecule has 1 aromatic rings. The van der Waals surface area contributed by atoms with Crippen molar-refractivity contribution in [3.05, 3.63) is 35.4 Å². The van der Waals surface area contributed by atoms with Gasteiger partial charge >= 0.3 is 0 Å². The molecule has 1 amide bonds. The van der Waals surface area contributed by atoms with Gasteiger partial charge in [-0.1, -0.05) is 45.2 Å². The van der Waals surface area contributed by atoms with Crippen molar-refractivity contribution in [3.8, 4) is 0 Å². The van der Waals surface area contributed by atoms with E-state index in [-0.39, 0.29) is 29.9 Å². The molecule has 0 aliphatic rings. The van der Waals surface area contributed by atoms with Gasteiger partial charge in [0.25, 0.3) is 5.91 Å². The predicted octanol–water partition coefficient (Wildman–Crippen LogP) is 3.43. The Balaban J connectivity index is 0.00000529. The van der Waals surface area contributed by atoms with Gasteiger partial charge in [-0.2, -0.15) is 0 Å². The van der Waals surface area contributed by atoms with Crippen molar-refractivity contribution in [1.29, 1.82) is 0 Å². The van der Waals surface area contributed by atoms with E-state index in [1.54, 1.807) is 0 Å². The number of nitrogens with one attached hydrogen (secondary N) is 2. The van der Waals surface area contributed by atoms with E-state index in [9.17, 15) is 4.79 Å². The minimum Gasteiger partial charge on any atom is -0.370 e. The molecule has 0 saturated heterocycles. The van der Waals surface area contributed by atoms with Gasteiger partial charge in [0, 0.05) is 18.7 Å². The van der Waals surface area contributed by atoms with Crippen LogP contribution in [0.25, 0.3) is 0 Å². The Labute approximate surface area is 162 Å². The first-order chi connectivity index (χ1) is 11.2. The van der Waals surface area contributed by atoms with Crippen molar-refractivity contribution in [3.63, 3.8) is 0 Å². The molecule has 0 aromatic heterocycles. The molecule has 0 atom stereocenters. The van der Waals surface area contributed by atoms with Crippen LogP contribution in [0.15, 0.2) is 29.3 Å². The second-order valence-electron chi connectivity index (χ2n) is 5.65. The quantitative estimate of drug-likeness (QED) is 0.223. The van der Waals surface area contributed by atoms with E-state index in [2.05, 4.69) is 22.5 Å². The number of rotatable bonds is 10. The highest BCUT2D eigenvalue weighted by Gasteiger charge is 2.04. The number of guanidine groups is 1. The van der Waals surface area contributed by atoms with Gasteiger partial charge < -0.3 is 16.4 Å². The van der Waals surface area contributed by atoms with E-state index in [1.165, 1.54) is 19.3 Å². The first kappa shape index (κ1) is 22.7. The molecule has 1 aromatic carbocycles. The Morgan fingerprint density at radius 1 is 1.08 bits per heavy atom. The van der Waals surface area contributed by atoms with Crippen LogP contribution in [-0.2, 0) is 6.54 Å². The maximum absolute atomic E-state index is 11.9. The molecule has 6 heteroatoms. The second kappa shape index (κ2) is 14.1. The number of nitrogens with two attached hydrogens (primary N) is 1. The molecule has 0 radical (unpaired) electrons. The lowest BCUT2D eigenvalue weighted by molar-refractivity contribution is 0.0953. The lowest BCUT2D eigenvalue weighted by Gasteiger charge is -2.07. The highest BCUT2D eigenvalue weighted by molar-refractivity contribution is 14.0. The molecule has 136 valence electrons. The molecule has 0 spiro atoms. The zero-order valence-corrected chi connectivity index (χ0v) is 17.1. The maximum atomic E-state index is 11.9. The summed E-state index contributed by atoms with van der Waals surface area (Å²) in [6, 6.07) is 7.51. The van der Waals surface area contributed by atoms with Crippen LogP contribution in [0.2, 0.25) is 0 Å². The first-order valence-electron chi connectivity index (χ1n) is 8.58. The highest BCUT2D eigenvalue weighted by atomic mass is 127. The molecule has 0 saturated carbocycles. The molecule has 0 fully saturated rings. The molecule has 24 heavy (non-hydrogen) atoms. The number of aliphatic imine (C=N–C) groups is 1. The van der Waals surface area contributed by atoms with Crippen LogP contribution in [-0.4, -0.2) is 25.0 Å². The first-order valence-corrected chi connectivity index (χ1v) is 8.58. The Morgan fingerprint density at radius 2 is 1.88 bits per heavy atom. The molecule has 0 aliphatic carbocycles. The third kappa shape index (κ3) is 9.75. The van der Waals surface area contributed by atoms with Gasteiger partial charge in [-0.05, 0) is 30.5 Å². The van der Waals surface area contributed by atoms with E-state index in [0.717, 1.165) is 24.9 Å². The van der Waals surface area contributed by atoms with E-state index >= 15 is 0 Å². The smallest absolute Gasteiger partial charge is 0.251 e. The number of halogens is 1. The van der Waals surface area contributed by atoms with Gasteiger partial charge in [0.05, 0.1) is 6.54 Å². The Morgan fingerprint density at radius 3 is 2.58 bits per heavy atom. The van der Waals surface area contributed by atoms with Crippen LogP contribution in [0.1, 0.15) is 61.9 Å². The fourth-order valence-corrected chi connectivity index (χ4v) is 2.15. The predicted molar refractivity (Wildman–Crippen MR) is 112 cm³/mol. The van der Waals surface area contributed by atoms with Crippen LogP contribution in [0, 0.1) is 0 Å². The number of benzene rings is 1. The van der Waals surface area contributed by atoms with Crippen LogP contribution in [0.5, 0.6) is 0 Å². The summed E-state index contributed by atoms with van der Waals surface area (Å²) in [6.07, 6.45) is 5.73. The fourth-order valence-electron chi connectivity index (χ4n) is 2.15. The van der Waals surface area contributed by atoms with Crippen molar-refractivity contribution in [2.75, 3.05) is 13.1 Å². The minimum atomic E-state index is -0.0419. The van der Waals surface area contributed by atoms with Crippen LogP contribution in [0.3, 0.4) is 0 Å². The van der Waals surface area contributed by atoms with E-state index in [4.69, 9.17) is 5.73 Å².